The van der Waals surface area contributed by atoms with E-state index in [-0.39, 0.29) is 0 Å². The van der Waals surface area contributed by atoms with Crippen LogP contribution in [0.3, 0.4) is 0 Å². The zero-order valence-corrected chi connectivity index (χ0v) is 14.5. The SMILES string of the molecule is [C](c1ccccc1N1CCOCC1)c1ccccc1N1CCOCC1. The molecule has 4 heteroatoms. The predicted molar refractivity (Wildman–Crippen MR) is 100 cm³/mol. The molecule has 2 aromatic rings. The highest BCUT2D eigenvalue weighted by atomic mass is 16.5. The minimum absolute atomic E-state index is 0.790. The molecular weight excluding hydrogens is 312 g/mol. The molecule has 0 bridgehead atoms. The second-order valence-electron chi connectivity index (χ2n) is 6.36. The van der Waals surface area contributed by atoms with Gasteiger partial charge in [-0.15, -0.1) is 0 Å². The number of benzene rings is 2. The van der Waals surface area contributed by atoms with Gasteiger partial charge in [0.2, 0.25) is 0 Å². The summed E-state index contributed by atoms with van der Waals surface area (Å²) in [6, 6.07) is 17.1. The Morgan fingerprint density at radius 2 is 1.00 bits per heavy atom. The van der Waals surface area contributed by atoms with E-state index in [4.69, 9.17) is 9.47 Å². The monoisotopic (exact) mass is 336 g/mol. The van der Waals surface area contributed by atoms with Crippen molar-refractivity contribution in [1.29, 1.82) is 0 Å². The first-order valence-corrected chi connectivity index (χ1v) is 9.02. The number of para-hydroxylation sites is 2. The third-order valence-corrected chi connectivity index (χ3v) is 4.78. The molecule has 0 unspecified atom stereocenters. The molecule has 2 heterocycles. The molecule has 2 aromatic carbocycles. The molecule has 0 spiro atoms. The molecule has 4 nitrogen and oxygen atoms in total. The Kier molecular flexibility index (Phi) is 5.19. The Morgan fingerprint density at radius 3 is 1.44 bits per heavy atom. The summed E-state index contributed by atoms with van der Waals surface area (Å²) in [5.74, 6) is 0. The third-order valence-electron chi connectivity index (χ3n) is 4.78. The molecule has 25 heavy (non-hydrogen) atoms. The van der Waals surface area contributed by atoms with Crippen molar-refractivity contribution < 1.29 is 9.47 Å². The number of anilines is 2. The molecule has 130 valence electrons. The highest BCUT2D eigenvalue weighted by molar-refractivity contribution is 5.65. The minimum atomic E-state index is 0.790. The van der Waals surface area contributed by atoms with E-state index >= 15 is 0 Å². The number of hydrogen-bond acceptors (Lipinski definition) is 4. The normalized spacial score (nSPS) is 18.4. The maximum absolute atomic E-state index is 5.50. The summed E-state index contributed by atoms with van der Waals surface area (Å²) in [7, 11) is 0. The fourth-order valence-electron chi connectivity index (χ4n) is 3.46. The lowest BCUT2D eigenvalue weighted by Crippen LogP contribution is -2.37. The lowest BCUT2D eigenvalue weighted by Gasteiger charge is -2.32. The van der Waals surface area contributed by atoms with Gasteiger partial charge in [-0.25, -0.2) is 0 Å². The van der Waals surface area contributed by atoms with Crippen LogP contribution in [0.2, 0.25) is 0 Å². The van der Waals surface area contributed by atoms with Gasteiger partial charge in [0.05, 0.1) is 32.8 Å². The molecule has 2 aliphatic rings. The van der Waals surface area contributed by atoms with Crippen LogP contribution in [0.1, 0.15) is 11.1 Å². The van der Waals surface area contributed by atoms with E-state index in [1.807, 2.05) is 0 Å². The van der Waals surface area contributed by atoms with Crippen molar-refractivity contribution in [3.8, 4) is 0 Å². The molecule has 2 radical (unpaired) electrons. The smallest absolute Gasteiger partial charge is 0.0642 e. The molecule has 0 aliphatic carbocycles. The van der Waals surface area contributed by atoms with Gasteiger partial charge in [0, 0.05) is 37.6 Å². The van der Waals surface area contributed by atoms with Crippen molar-refractivity contribution in [3.63, 3.8) is 0 Å². The molecule has 2 fully saturated rings. The Labute approximate surface area is 150 Å². The lowest BCUT2D eigenvalue weighted by atomic mass is 10.00. The van der Waals surface area contributed by atoms with Crippen molar-refractivity contribution >= 4 is 11.4 Å². The Balaban J connectivity index is 1.60. The molecule has 0 saturated carbocycles. The van der Waals surface area contributed by atoms with Crippen LogP contribution in [0.4, 0.5) is 11.4 Å². The van der Waals surface area contributed by atoms with Crippen LogP contribution in [-0.4, -0.2) is 52.6 Å². The number of hydrogen-bond donors (Lipinski definition) is 0. The Hall–Kier alpha value is -2.04. The summed E-state index contributed by atoms with van der Waals surface area (Å²) >= 11 is 0. The second kappa shape index (κ2) is 7.89. The number of nitrogens with zero attached hydrogens (tertiary/aromatic N) is 2. The van der Waals surface area contributed by atoms with E-state index in [1.54, 1.807) is 0 Å². The molecular formula is C21H24N2O2. The van der Waals surface area contributed by atoms with Gasteiger partial charge >= 0.3 is 0 Å². The molecule has 2 saturated heterocycles. The van der Waals surface area contributed by atoms with Crippen LogP contribution in [0.25, 0.3) is 0 Å². The second-order valence-corrected chi connectivity index (χ2v) is 6.36. The van der Waals surface area contributed by atoms with Crippen molar-refractivity contribution in [2.45, 2.75) is 0 Å². The Bertz CT molecular complexity index is 632. The number of morpholine rings is 2. The Morgan fingerprint density at radius 1 is 0.600 bits per heavy atom. The van der Waals surface area contributed by atoms with Crippen molar-refractivity contribution in [2.75, 3.05) is 62.4 Å². The fraction of sp³-hybridized carbons (Fsp3) is 0.381. The van der Waals surface area contributed by atoms with Crippen molar-refractivity contribution in [3.05, 3.63) is 66.1 Å². The van der Waals surface area contributed by atoms with E-state index in [2.05, 4.69) is 64.8 Å². The van der Waals surface area contributed by atoms with Crippen LogP contribution < -0.4 is 9.80 Å². The molecule has 0 atom stereocenters. The molecule has 0 N–H and O–H groups in total. The fourth-order valence-corrected chi connectivity index (χ4v) is 3.46. The van der Waals surface area contributed by atoms with E-state index in [9.17, 15) is 0 Å². The van der Waals surface area contributed by atoms with Gasteiger partial charge < -0.3 is 19.3 Å². The molecule has 0 aromatic heterocycles. The highest BCUT2D eigenvalue weighted by Crippen LogP contribution is 2.30. The summed E-state index contributed by atoms with van der Waals surface area (Å²) in [4.78, 5) is 4.78. The quantitative estimate of drug-likeness (QED) is 0.857. The van der Waals surface area contributed by atoms with Gasteiger partial charge in [-0.2, -0.15) is 0 Å². The van der Waals surface area contributed by atoms with Gasteiger partial charge in [0.25, 0.3) is 0 Å². The van der Waals surface area contributed by atoms with Crippen molar-refractivity contribution in [1.82, 2.24) is 0 Å². The molecule has 0 amide bonds. The van der Waals surface area contributed by atoms with Gasteiger partial charge in [-0.1, -0.05) is 36.4 Å². The van der Waals surface area contributed by atoms with Gasteiger partial charge in [-0.05, 0) is 23.3 Å². The summed E-state index contributed by atoms with van der Waals surface area (Å²) in [6.45, 7) is 6.90. The first-order chi connectivity index (χ1) is 12.4. The van der Waals surface area contributed by atoms with E-state index in [0.29, 0.717) is 0 Å². The maximum atomic E-state index is 5.50. The van der Waals surface area contributed by atoms with E-state index in [1.165, 1.54) is 11.4 Å². The first kappa shape index (κ1) is 16.4. The zero-order chi connectivity index (χ0) is 16.9. The molecule has 2 aliphatic heterocycles. The van der Waals surface area contributed by atoms with Crippen LogP contribution in [-0.2, 0) is 9.47 Å². The summed E-state index contributed by atoms with van der Waals surface area (Å²) in [5.41, 5.74) is 4.76. The maximum Gasteiger partial charge on any atom is 0.0642 e. The first-order valence-electron chi connectivity index (χ1n) is 9.02. The summed E-state index contributed by atoms with van der Waals surface area (Å²) < 4.78 is 11.0. The summed E-state index contributed by atoms with van der Waals surface area (Å²) in [6.07, 6.45) is 3.67. The average Bonchev–Trinajstić information content (AvgIpc) is 2.70. The number of ether oxygens (including phenoxy) is 2. The van der Waals surface area contributed by atoms with Gasteiger partial charge in [-0.3, -0.25) is 0 Å². The summed E-state index contributed by atoms with van der Waals surface area (Å²) in [5, 5.41) is 0. The van der Waals surface area contributed by atoms with Crippen LogP contribution in [0, 0.1) is 6.42 Å². The van der Waals surface area contributed by atoms with Crippen LogP contribution >= 0.6 is 0 Å². The standard InChI is InChI=1S/C21H24N2O2/c1-3-7-20(22-9-13-24-14-10-22)18(5-1)17-19-6-2-4-8-21(19)23-11-15-25-16-12-23/h1-8H,9-16H2. The van der Waals surface area contributed by atoms with Crippen LogP contribution in [0.15, 0.2) is 48.5 Å². The zero-order valence-electron chi connectivity index (χ0n) is 14.5. The van der Waals surface area contributed by atoms with Crippen LogP contribution in [0.5, 0.6) is 0 Å². The van der Waals surface area contributed by atoms with Gasteiger partial charge in [0.15, 0.2) is 0 Å². The minimum Gasteiger partial charge on any atom is -0.378 e. The van der Waals surface area contributed by atoms with Crippen molar-refractivity contribution in [2.24, 2.45) is 0 Å². The predicted octanol–water partition coefficient (Wildman–Crippen LogP) is 2.84. The van der Waals surface area contributed by atoms with E-state index in [0.717, 1.165) is 63.7 Å². The number of rotatable bonds is 4. The average molecular weight is 336 g/mol. The molecule has 4 rings (SSSR count). The third kappa shape index (κ3) is 3.80. The lowest BCUT2D eigenvalue weighted by molar-refractivity contribution is 0.122. The highest BCUT2D eigenvalue weighted by Gasteiger charge is 2.18. The van der Waals surface area contributed by atoms with E-state index < -0.39 is 0 Å². The van der Waals surface area contributed by atoms with Gasteiger partial charge in [0.1, 0.15) is 0 Å². The topological polar surface area (TPSA) is 24.9 Å². The largest absolute Gasteiger partial charge is 0.378 e.